The van der Waals surface area contributed by atoms with Gasteiger partial charge in [-0.15, -0.1) is 0 Å². The van der Waals surface area contributed by atoms with E-state index in [-0.39, 0.29) is 23.5 Å². The zero-order chi connectivity index (χ0) is 19.4. The van der Waals surface area contributed by atoms with Gasteiger partial charge >= 0.3 is 6.61 Å². The van der Waals surface area contributed by atoms with E-state index in [1.165, 1.54) is 16.8 Å². The van der Waals surface area contributed by atoms with Gasteiger partial charge in [-0.05, 0) is 30.7 Å². The summed E-state index contributed by atoms with van der Waals surface area (Å²) in [4.78, 5) is 25.0. The molecule has 0 aliphatic heterocycles. The number of fused-ring (bicyclic) bond motifs is 1. The number of hydrogen-bond donors (Lipinski definition) is 1. The van der Waals surface area contributed by atoms with Gasteiger partial charge in [0.2, 0.25) is 0 Å². The Bertz CT molecular complexity index is 1030. The number of aromatic nitrogens is 2. The molecule has 1 N–H and O–H groups in total. The number of amides is 1. The van der Waals surface area contributed by atoms with Crippen molar-refractivity contribution < 1.29 is 18.3 Å². The lowest BCUT2D eigenvalue weighted by Gasteiger charge is -2.11. The van der Waals surface area contributed by atoms with Crippen molar-refractivity contribution in [2.24, 2.45) is 0 Å². The molecule has 3 aromatic rings. The van der Waals surface area contributed by atoms with Gasteiger partial charge in [0.25, 0.3) is 11.5 Å². The Labute approximate surface area is 153 Å². The van der Waals surface area contributed by atoms with Crippen LogP contribution in [-0.2, 0) is 13.1 Å². The molecule has 0 fully saturated rings. The second-order valence-electron chi connectivity index (χ2n) is 5.72. The van der Waals surface area contributed by atoms with E-state index in [1.54, 1.807) is 43.3 Å². The molecule has 0 radical (unpaired) electrons. The third-order valence-electron chi connectivity index (χ3n) is 3.96. The monoisotopic (exact) mass is 373 g/mol. The molecular weight excluding hydrogens is 356 g/mol. The molecule has 2 aromatic carbocycles. The molecule has 1 amide bonds. The standard InChI is InChI=1S/C19H17F2N3O3/c1-2-24-18(26)15-9-4-3-8-14(15)16(23-24)17(25)22-11-12-6-5-7-13(10-12)27-19(20)21/h3-10,19H,2,11H2,1H3,(H,22,25). The normalized spacial score (nSPS) is 11.0. The molecule has 0 unspecified atom stereocenters. The quantitative estimate of drug-likeness (QED) is 0.721. The molecule has 3 rings (SSSR count). The zero-order valence-electron chi connectivity index (χ0n) is 14.5. The van der Waals surface area contributed by atoms with Crippen LogP contribution < -0.4 is 15.6 Å². The first kappa shape index (κ1) is 18.5. The molecule has 0 bridgehead atoms. The molecule has 0 atom stereocenters. The summed E-state index contributed by atoms with van der Waals surface area (Å²) >= 11 is 0. The highest BCUT2D eigenvalue weighted by Crippen LogP contribution is 2.17. The molecule has 140 valence electrons. The Kier molecular flexibility index (Phi) is 5.44. The van der Waals surface area contributed by atoms with Crippen LogP contribution in [0.15, 0.2) is 53.3 Å². The average Bonchev–Trinajstić information content (AvgIpc) is 2.66. The molecule has 0 aliphatic rings. The fourth-order valence-electron chi connectivity index (χ4n) is 2.71. The summed E-state index contributed by atoms with van der Waals surface area (Å²) in [7, 11) is 0. The van der Waals surface area contributed by atoms with E-state index in [1.807, 2.05) is 0 Å². The summed E-state index contributed by atoms with van der Waals surface area (Å²) in [6.07, 6.45) is 0. The Morgan fingerprint density at radius 1 is 1.19 bits per heavy atom. The van der Waals surface area contributed by atoms with E-state index >= 15 is 0 Å². The number of halogens is 2. The highest BCUT2D eigenvalue weighted by atomic mass is 19.3. The largest absolute Gasteiger partial charge is 0.435 e. The van der Waals surface area contributed by atoms with Crippen LogP contribution in [-0.4, -0.2) is 22.3 Å². The summed E-state index contributed by atoms with van der Waals surface area (Å²) < 4.78 is 30.2. The average molecular weight is 373 g/mol. The van der Waals surface area contributed by atoms with Crippen molar-refractivity contribution in [3.05, 3.63) is 70.1 Å². The fourth-order valence-corrected chi connectivity index (χ4v) is 2.71. The lowest BCUT2D eigenvalue weighted by Crippen LogP contribution is -2.30. The number of hydrogen-bond acceptors (Lipinski definition) is 4. The first-order valence-electron chi connectivity index (χ1n) is 8.31. The number of nitrogens with one attached hydrogen (secondary N) is 1. The van der Waals surface area contributed by atoms with Crippen LogP contribution in [0, 0.1) is 0 Å². The lowest BCUT2D eigenvalue weighted by atomic mass is 10.1. The van der Waals surface area contributed by atoms with Gasteiger partial charge in [-0.2, -0.15) is 13.9 Å². The molecule has 1 aromatic heterocycles. The maximum Gasteiger partial charge on any atom is 0.387 e. The Balaban J connectivity index is 1.85. The van der Waals surface area contributed by atoms with Gasteiger partial charge in [-0.3, -0.25) is 9.59 Å². The van der Waals surface area contributed by atoms with Crippen LogP contribution in [0.25, 0.3) is 10.8 Å². The summed E-state index contributed by atoms with van der Waals surface area (Å²) in [5.41, 5.74) is 0.461. The highest BCUT2D eigenvalue weighted by Gasteiger charge is 2.16. The van der Waals surface area contributed by atoms with Gasteiger partial charge in [0.15, 0.2) is 5.69 Å². The van der Waals surface area contributed by atoms with Gasteiger partial charge in [-0.25, -0.2) is 4.68 Å². The van der Waals surface area contributed by atoms with E-state index in [9.17, 15) is 18.4 Å². The van der Waals surface area contributed by atoms with Gasteiger partial charge in [0.05, 0.1) is 5.39 Å². The number of aryl methyl sites for hydroxylation is 1. The van der Waals surface area contributed by atoms with Crippen LogP contribution in [0.3, 0.4) is 0 Å². The van der Waals surface area contributed by atoms with Gasteiger partial charge in [-0.1, -0.05) is 30.3 Å². The molecule has 1 heterocycles. The first-order valence-corrected chi connectivity index (χ1v) is 8.31. The number of carbonyl (C=O) groups is 1. The minimum atomic E-state index is -2.92. The SMILES string of the molecule is CCn1nc(C(=O)NCc2cccc(OC(F)F)c2)c2ccccc2c1=O. The van der Waals surface area contributed by atoms with Gasteiger partial charge in [0, 0.05) is 18.5 Å². The molecule has 8 heteroatoms. The van der Waals surface area contributed by atoms with Crippen LogP contribution in [0.5, 0.6) is 5.75 Å². The molecular formula is C19H17F2N3O3. The van der Waals surface area contributed by atoms with E-state index in [4.69, 9.17) is 0 Å². The summed E-state index contributed by atoms with van der Waals surface area (Å²) in [6, 6.07) is 12.8. The maximum atomic E-state index is 12.6. The number of rotatable bonds is 6. The van der Waals surface area contributed by atoms with Crippen molar-refractivity contribution in [3.63, 3.8) is 0 Å². The number of carbonyl (C=O) groups excluding carboxylic acids is 1. The molecule has 0 aliphatic carbocycles. The Morgan fingerprint density at radius 2 is 1.93 bits per heavy atom. The second-order valence-corrected chi connectivity index (χ2v) is 5.72. The summed E-state index contributed by atoms with van der Waals surface area (Å²) in [6.45, 7) is -0.725. The third-order valence-corrected chi connectivity index (χ3v) is 3.96. The van der Waals surface area contributed by atoms with Crippen molar-refractivity contribution >= 4 is 16.7 Å². The Morgan fingerprint density at radius 3 is 2.63 bits per heavy atom. The van der Waals surface area contributed by atoms with Crippen LogP contribution >= 0.6 is 0 Å². The van der Waals surface area contributed by atoms with Crippen LogP contribution in [0.1, 0.15) is 23.0 Å². The molecule has 0 saturated carbocycles. The Hall–Kier alpha value is -3.29. The highest BCUT2D eigenvalue weighted by molar-refractivity contribution is 6.04. The fraction of sp³-hybridized carbons (Fsp3) is 0.211. The predicted molar refractivity (Wildman–Crippen MR) is 95.9 cm³/mol. The summed E-state index contributed by atoms with van der Waals surface area (Å²) in [5.74, 6) is -0.451. The smallest absolute Gasteiger partial charge is 0.387 e. The minimum absolute atomic E-state index is 0.0138. The maximum absolute atomic E-state index is 12.6. The number of alkyl halides is 2. The van der Waals surface area contributed by atoms with E-state index in [0.29, 0.717) is 22.9 Å². The lowest BCUT2D eigenvalue weighted by molar-refractivity contribution is -0.0498. The second kappa shape index (κ2) is 7.94. The van der Waals surface area contributed by atoms with Crippen molar-refractivity contribution in [2.45, 2.75) is 26.6 Å². The third kappa shape index (κ3) is 4.11. The number of benzene rings is 2. The topological polar surface area (TPSA) is 73.2 Å². The van der Waals surface area contributed by atoms with Crippen molar-refractivity contribution in [1.82, 2.24) is 15.1 Å². The van der Waals surface area contributed by atoms with E-state index < -0.39 is 12.5 Å². The van der Waals surface area contributed by atoms with Crippen molar-refractivity contribution in [1.29, 1.82) is 0 Å². The van der Waals surface area contributed by atoms with Crippen molar-refractivity contribution in [2.75, 3.05) is 0 Å². The number of nitrogens with zero attached hydrogens (tertiary/aromatic N) is 2. The van der Waals surface area contributed by atoms with Gasteiger partial charge < -0.3 is 10.1 Å². The zero-order valence-corrected chi connectivity index (χ0v) is 14.5. The van der Waals surface area contributed by atoms with Gasteiger partial charge in [0.1, 0.15) is 5.75 Å². The first-order chi connectivity index (χ1) is 13.0. The number of ether oxygens (including phenoxy) is 1. The minimum Gasteiger partial charge on any atom is -0.435 e. The molecule has 6 nitrogen and oxygen atoms in total. The van der Waals surface area contributed by atoms with Crippen LogP contribution in [0.2, 0.25) is 0 Å². The molecule has 0 spiro atoms. The molecule has 27 heavy (non-hydrogen) atoms. The van der Waals surface area contributed by atoms with Crippen LogP contribution in [0.4, 0.5) is 8.78 Å². The predicted octanol–water partition coefficient (Wildman–Crippen LogP) is 2.95. The van der Waals surface area contributed by atoms with Crippen molar-refractivity contribution in [3.8, 4) is 5.75 Å². The van der Waals surface area contributed by atoms with E-state index in [2.05, 4.69) is 15.2 Å². The van der Waals surface area contributed by atoms with E-state index in [0.717, 1.165) is 0 Å². The summed E-state index contributed by atoms with van der Waals surface area (Å²) in [5, 5.41) is 7.72. The molecule has 0 saturated heterocycles.